The van der Waals surface area contributed by atoms with E-state index in [2.05, 4.69) is 113 Å². The summed E-state index contributed by atoms with van der Waals surface area (Å²) in [7, 11) is 14.4. The molecule has 0 bridgehead atoms. The molecule has 0 spiro atoms. The van der Waals surface area contributed by atoms with Crippen molar-refractivity contribution < 1.29 is 4.42 Å². The molecule has 1 aliphatic carbocycles. The summed E-state index contributed by atoms with van der Waals surface area (Å²) in [5, 5.41) is 2.56. The number of hydrogen-bond acceptors (Lipinski definition) is 3. The van der Waals surface area contributed by atoms with Gasteiger partial charge in [0, 0.05) is 28.1 Å². The molecule has 3 aromatic carbocycles. The monoisotopic (exact) mass is 448 g/mol. The summed E-state index contributed by atoms with van der Waals surface area (Å²) in [6, 6.07) is 19.8. The first-order valence-corrected chi connectivity index (χ1v) is 12.4. The van der Waals surface area contributed by atoms with Crippen molar-refractivity contribution in [2.24, 2.45) is 0 Å². The summed E-state index contributed by atoms with van der Waals surface area (Å²) >= 11 is 0. The van der Waals surface area contributed by atoms with Crippen LogP contribution < -0.4 is 0 Å². The number of furan rings is 1. The highest BCUT2D eigenvalue weighted by Gasteiger charge is 2.55. The number of aromatic nitrogens is 2. The molecule has 0 N–H and O–H groups in total. The van der Waals surface area contributed by atoms with Crippen LogP contribution in [0.4, 0.5) is 0 Å². The van der Waals surface area contributed by atoms with E-state index < -0.39 is 0 Å². The molecule has 6 rings (SSSR count). The first-order valence-electron chi connectivity index (χ1n) is 12.4. The smallest absolute Gasteiger partial charge is 0.143 e. The minimum Gasteiger partial charge on any atom is -0.455 e. The molecule has 0 saturated carbocycles. The predicted octanol–water partition coefficient (Wildman–Crippen LogP) is 0.252. The summed E-state index contributed by atoms with van der Waals surface area (Å²) in [5.41, 5.74) is 10.3. The van der Waals surface area contributed by atoms with Crippen molar-refractivity contribution in [2.45, 2.75) is 22.6 Å². The van der Waals surface area contributed by atoms with E-state index >= 15 is 0 Å². The fourth-order valence-electron chi connectivity index (χ4n) is 6.09. The molecule has 0 saturated heterocycles. The van der Waals surface area contributed by atoms with Gasteiger partial charge >= 0.3 is 0 Å². The Bertz CT molecular complexity index is 1640. The summed E-state index contributed by atoms with van der Waals surface area (Å²) in [5.74, 6) is 0. The molecule has 2 heterocycles. The number of benzene rings is 3. The Morgan fingerprint density at radius 1 is 0.743 bits per heavy atom. The van der Waals surface area contributed by atoms with E-state index in [0.29, 0.717) is 0 Å². The van der Waals surface area contributed by atoms with Crippen molar-refractivity contribution in [3.8, 4) is 22.4 Å². The molecule has 0 atom stereocenters. The first-order chi connectivity index (χ1) is 16.5. The van der Waals surface area contributed by atoms with Gasteiger partial charge in [0.15, 0.2) is 0 Å². The maximum absolute atomic E-state index is 6.50. The zero-order valence-electron chi connectivity index (χ0n) is 21.7. The van der Waals surface area contributed by atoms with Crippen LogP contribution >= 0.6 is 0 Å². The van der Waals surface area contributed by atoms with Crippen LogP contribution in [0, 0.1) is 6.92 Å². The fraction of sp³-hybridized carbons (Fsp3) is 0.154. The van der Waals surface area contributed by atoms with E-state index in [1.807, 2.05) is 6.07 Å². The summed E-state index contributed by atoms with van der Waals surface area (Å²) in [6.07, 6.45) is 3.37. The van der Waals surface area contributed by atoms with Crippen LogP contribution in [0.25, 0.3) is 44.3 Å². The zero-order chi connectivity index (χ0) is 24.8. The summed E-state index contributed by atoms with van der Waals surface area (Å²) in [6.45, 7) is 2.17. The van der Waals surface area contributed by atoms with E-state index in [4.69, 9.17) is 4.42 Å². The maximum Gasteiger partial charge on any atom is 0.143 e. The van der Waals surface area contributed by atoms with Crippen molar-refractivity contribution in [1.82, 2.24) is 9.97 Å². The average Bonchev–Trinajstić information content (AvgIpc) is 3.25. The molecule has 0 amide bonds. The molecule has 1 aliphatic rings. The quantitative estimate of drug-likeness (QED) is 0.365. The van der Waals surface area contributed by atoms with Gasteiger partial charge in [-0.2, -0.15) is 0 Å². The van der Waals surface area contributed by atoms with E-state index in [-0.39, 0.29) is 15.6 Å². The minimum atomic E-state index is 0.0606. The Labute approximate surface area is 212 Å². The van der Waals surface area contributed by atoms with E-state index in [1.54, 1.807) is 12.5 Å². The lowest BCUT2D eigenvalue weighted by atomic mass is 9.20. The normalized spacial score (nSPS) is 17.5. The summed E-state index contributed by atoms with van der Waals surface area (Å²) in [4.78, 5) is 8.48. The third-order valence-electron chi connectivity index (χ3n) is 9.40. The second-order valence-corrected chi connectivity index (χ2v) is 11.7. The lowest BCUT2D eigenvalue weighted by Crippen LogP contribution is -2.49. The van der Waals surface area contributed by atoms with Crippen LogP contribution in [0.15, 0.2) is 71.5 Å². The van der Waals surface area contributed by atoms with Crippen LogP contribution in [0.3, 0.4) is 0 Å². The average molecular weight is 447 g/mol. The van der Waals surface area contributed by atoms with Gasteiger partial charge in [-0.25, -0.2) is 9.97 Å². The molecule has 164 valence electrons. The molecule has 0 unspecified atom stereocenters. The van der Waals surface area contributed by atoms with E-state index in [0.717, 1.165) is 38.8 Å². The van der Waals surface area contributed by atoms with Gasteiger partial charge in [0.05, 0.1) is 21.4 Å². The van der Waals surface area contributed by atoms with Gasteiger partial charge in [-0.15, -0.1) is 0 Å². The number of fused-ring (bicyclic) bond motifs is 4. The highest BCUT2D eigenvalue weighted by Crippen LogP contribution is 2.58. The van der Waals surface area contributed by atoms with Crippen LogP contribution in [0.1, 0.15) is 16.7 Å². The van der Waals surface area contributed by atoms with Crippen molar-refractivity contribution in [3.63, 3.8) is 0 Å². The third kappa shape index (κ3) is 3.00. The predicted molar refractivity (Wildman–Crippen MR) is 162 cm³/mol. The lowest BCUT2D eigenvalue weighted by Gasteiger charge is -2.46. The van der Waals surface area contributed by atoms with Crippen molar-refractivity contribution in [2.75, 3.05) is 0 Å². The third-order valence-corrected chi connectivity index (χ3v) is 9.40. The van der Waals surface area contributed by atoms with Crippen LogP contribution in [-0.4, -0.2) is 57.0 Å². The highest BCUT2D eigenvalue weighted by atomic mass is 16.3. The molecular weight excluding hydrogens is 421 g/mol. The second kappa shape index (κ2) is 7.22. The Balaban J connectivity index is 1.58. The maximum atomic E-state index is 6.50. The molecule has 3 nitrogen and oxygen atoms in total. The van der Waals surface area contributed by atoms with Gasteiger partial charge in [-0.3, -0.25) is 0 Å². The minimum absolute atomic E-state index is 0.0606. The molecule has 0 aliphatic heterocycles. The van der Waals surface area contributed by atoms with Gasteiger partial charge in [0.2, 0.25) is 0 Å². The Kier molecular flexibility index (Phi) is 4.62. The molecule has 35 heavy (non-hydrogen) atoms. The molecule has 5 aromatic rings. The molecule has 9 heteroatoms. The number of aryl methyl sites for hydroxylation is 1. The topological polar surface area (TPSA) is 38.9 Å². The SMILES string of the molecule is BC1(B)c2ccc(-c3cc(C)cc4c3oc3ccc(-c5ccncn5)cc34)cc2C(B)(B)C1(B)B. The Hall–Kier alpha value is -3.07. The van der Waals surface area contributed by atoms with Crippen molar-refractivity contribution in [3.05, 3.63) is 83.8 Å². The first kappa shape index (κ1) is 22.4. The number of nitrogens with zero attached hydrogens (tertiary/aromatic N) is 2. The fourth-order valence-corrected chi connectivity index (χ4v) is 6.09. The van der Waals surface area contributed by atoms with Gasteiger partial charge < -0.3 is 4.42 Å². The Morgan fingerprint density at radius 3 is 2.23 bits per heavy atom. The molecular formula is C26H26B6N2O. The lowest BCUT2D eigenvalue weighted by molar-refractivity contribution is 0.666. The Morgan fingerprint density at radius 2 is 1.49 bits per heavy atom. The molecule has 0 fully saturated rings. The van der Waals surface area contributed by atoms with Gasteiger partial charge in [-0.05, 0) is 54.4 Å². The van der Waals surface area contributed by atoms with Crippen LogP contribution in [0.2, 0.25) is 5.21 Å². The van der Waals surface area contributed by atoms with Gasteiger partial charge in [0.25, 0.3) is 0 Å². The van der Waals surface area contributed by atoms with Crippen LogP contribution in [-0.2, 0) is 10.4 Å². The van der Waals surface area contributed by atoms with Crippen LogP contribution in [0.5, 0.6) is 0 Å². The largest absolute Gasteiger partial charge is 0.455 e. The number of hydrogen-bond donors (Lipinski definition) is 0. The molecule has 2 aromatic heterocycles. The van der Waals surface area contributed by atoms with E-state index in [1.165, 1.54) is 22.3 Å². The van der Waals surface area contributed by atoms with Gasteiger partial charge in [0.1, 0.15) is 48.9 Å². The summed E-state index contributed by atoms with van der Waals surface area (Å²) < 4.78 is 6.50. The highest BCUT2D eigenvalue weighted by molar-refractivity contribution is 6.63. The van der Waals surface area contributed by atoms with Gasteiger partial charge in [-0.1, -0.05) is 45.0 Å². The number of rotatable bonds is 2. The second-order valence-electron chi connectivity index (χ2n) is 11.7. The van der Waals surface area contributed by atoms with Crippen molar-refractivity contribution in [1.29, 1.82) is 0 Å². The standard InChI is InChI=1S/C26H26B6N2O/c1-13-8-16(14-2-4-19-20(11-14)25(29,30)26(31,32)24(19,27)28)23-18(9-13)17-10-15(3-5-22(17)35-23)21-6-7-33-12-34-21/h2-12H,27-32H2,1H3. The zero-order valence-corrected chi connectivity index (χ0v) is 21.7. The van der Waals surface area contributed by atoms with E-state index in [9.17, 15) is 0 Å². The van der Waals surface area contributed by atoms with Crippen molar-refractivity contribution >= 4 is 69.0 Å². The molecule has 0 radical (unpaired) electrons.